The van der Waals surface area contributed by atoms with E-state index in [0.717, 1.165) is 22.5 Å². The monoisotopic (exact) mass is 336 g/mol. The Balaban J connectivity index is 2.41. The van der Waals surface area contributed by atoms with E-state index in [4.69, 9.17) is 18.8 Å². The summed E-state index contributed by atoms with van der Waals surface area (Å²) in [7, 11) is 2.84. The minimum absolute atomic E-state index is 0.384. The molecule has 1 aliphatic heterocycles. The molecule has 1 aliphatic rings. The van der Waals surface area contributed by atoms with Crippen molar-refractivity contribution in [3.05, 3.63) is 29.2 Å². The third-order valence-electron chi connectivity index (χ3n) is 4.53. The van der Waals surface area contributed by atoms with Gasteiger partial charge in [0.25, 0.3) is 0 Å². The van der Waals surface area contributed by atoms with Crippen molar-refractivity contribution in [1.29, 1.82) is 0 Å². The van der Waals surface area contributed by atoms with E-state index in [1.54, 1.807) is 14.2 Å². The number of benzene rings is 1. The van der Waals surface area contributed by atoms with Crippen LogP contribution in [0.25, 0.3) is 6.08 Å². The summed E-state index contributed by atoms with van der Waals surface area (Å²) in [5.74, 6) is 1.98. The highest BCUT2D eigenvalue weighted by atomic mass is 32.1. The summed E-state index contributed by atoms with van der Waals surface area (Å²) < 4.78 is 23.1. The van der Waals surface area contributed by atoms with Gasteiger partial charge in [0, 0.05) is 5.75 Å². The van der Waals surface area contributed by atoms with Crippen LogP contribution in [0.5, 0.6) is 11.5 Å². The molecule has 6 heteroatoms. The first kappa shape index (κ1) is 18.2. The van der Waals surface area contributed by atoms with Gasteiger partial charge >= 0.3 is 7.12 Å². The maximum Gasteiger partial charge on any atom is 0.491 e. The van der Waals surface area contributed by atoms with E-state index >= 15 is 0 Å². The largest absolute Gasteiger partial charge is 0.496 e. The molecule has 126 valence electrons. The van der Waals surface area contributed by atoms with Crippen LogP contribution in [0.2, 0.25) is 0 Å². The second-order valence-electron chi connectivity index (χ2n) is 6.54. The van der Waals surface area contributed by atoms with Gasteiger partial charge in [-0.1, -0.05) is 12.1 Å². The Labute approximate surface area is 144 Å². The average Bonchev–Trinajstić information content (AvgIpc) is 2.72. The second-order valence-corrected chi connectivity index (χ2v) is 6.86. The molecule has 0 radical (unpaired) electrons. The van der Waals surface area contributed by atoms with Gasteiger partial charge in [-0.05, 0) is 45.3 Å². The van der Waals surface area contributed by atoms with Gasteiger partial charge < -0.3 is 18.8 Å². The SMILES string of the molecule is COc1cccc(OC)c1C=C(CS)B1OC(C)(C)C(C)(C)O1. The zero-order valence-electron chi connectivity index (χ0n) is 14.7. The van der Waals surface area contributed by atoms with Crippen LogP contribution in [0, 0.1) is 0 Å². The van der Waals surface area contributed by atoms with Crippen molar-refractivity contribution in [2.75, 3.05) is 20.0 Å². The number of ether oxygens (including phenoxy) is 2. The quantitative estimate of drug-likeness (QED) is 0.658. The first-order chi connectivity index (χ1) is 10.8. The molecule has 0 aliphatic carbocycles. The number of hydrogen-bond acceptors (Lipinski definition) is 5. The first-order valence-corrected chi connectivity index (χ1v) is 8.27. The van der Waals surface area contributed by atoms with Crippen molar-refractivity contribution in [2.45, 2.75) is 38.9 Å². The fourth-order valence-corrected chi connectivity index (χ4v) is 2.63. The standard InChI is InChI=1S/C17H25BO4S/c1-16(2)17(3,4)22-18(21-16)12(11-23)10-13-14(19-5)8-7-9-15(13)20-6/h7-10,23H,11H2,1-6H3. The lowest BCUT2D eigenvalue weighted by Gasteiger charge is -2.32. The fourth-order valence-electron chi connectivity index (χ4n) is 2.39. The summed E-state index contributed by atoms with van der Waals surface area (Å²) in [5.41, 5.74) is 1.01. The van der Waals surface area contributed by atoms with E-state index in [-0.39, 0.29) is 11.2 Å². The highest BCUT2D eigenvalue weighted by Gasteiger charge is 2.52. The lowest BCUT2D eigenvalue weighted by atomic mass is 9.78. The van der Waals surface area contributed by atoms with Crippen LogP contribution < -0.4 is 9.47 Å². The van der Waals surface area contributed by atoms with Crippen molar-refractivity contribution >= 4 is 25.8 Å². The summed E-state index contributed by atoms with van der Waals surface area (Å²) in [4.78, 5) is 0. The molecule has 1 saturated heterocycles. The first-order valence-electron chi connectivity index (χ1n) is 7.63. The maximum atomic E-state index is 6.12. The van der Waals surface area contributed by atoms with E-state index in [0.29, 0.717) is 5.75 Å². The van der Waals surface area contributed by atoms with Crippen molar-refractivity contribution in [1.82, 2.24) is 0 Å². The van der Waals surface area contributed by atoms with Gasteiger partial charge in [0.15, 0.2) is 0 Å². The summed E-state index contributed by atoms with van der Waals surface area (Å²) in [5, 5.41) is 0. The zero-order valence-corrected chi connectivity index (χ0v) is 15.6. The van der Waals surface area contributed by atoms with E-state index in [2.05, 4.69) is 12.6 Å². The number of hydrogen-bond donors (Lipinski definition) is 1. The Bertz CT molecular complexity index is 560. The molecule has 0 bridgehead atoms. The van der Waals surface area contributed by atoms with Gasteiger partial charge in [0.05, 0.1) is 31.0 Å². The fraction of sp³-hybridized carbons (Fsp3) is 0.529. The van der Waals surface area contributed by atoms with Crippen LogP contribution in [0.4, 0.5) is 0 Å². The molecular weight excluding hydrogens is 311 g/mol. The summed E-state index contributed by atoms with van der Waals surface area (Å²) in [6, 6.07) is 5.69. The van der Waals surface area contributed by atoms with E-state index < -0.39 is 7.12 Å². The van der Waals surface area contributed by atoms with E-state index in [1.165, 1.54) is 0 Å². The Hall–Kier alpha value is -1.11. The predicted molar refractivity (Wildman–Crippen MR) is 97.5 cm³/mol. The molecule has 0 unspecified atom stereocenters. The molecule has 0 atom stereocenters. The molecule has 0 saturated carbocycles. The molecule has 4 nitrogen and oxygen atoms in total. The Morgan fingerprint density at radius 2 is 1.57 bits per heavy atom. The van der Waals surface area contributed by atoms with Crippen LogP contribution in [-0.2, 0) is 9.31 Å². The van der Waals surface area contributed by atoms with Gasteiger partial charge in [0.1, 0.15) is 11.5 Å². The Morgan fingerprint density at radius 3 is 1.96 bits per heavy atom. The normalized spacial score (nSPS) is 19.8. The smallest absolute Gasteiger partial charge is 0.491 e. The molecule has 0 N–H and O–H groups in total. The summed E-state index contributed by atoms with van der Waals surface area (Å²) in [6.07, 6.45) is 1.98. The molecule has 1 aromatic carbocycles. The molecule has 1 heterocycles. The van der Waals surface area contributed by atoms with Crippen LogP contribution in [0.3, 0.4) is 0 Å². The topological polar surface area (TPSA) is 36.9 Å². The van der Waals surface area contributed by atoms with Crippen molar-refractivity contribution < 1.29 is 18.8 Å². The van der Waals surface area contributed by atoms with Gasteiger partial charge in [-0.25, -0.2) is 0 Å². The van der Waals surface area contributed by atoms with Crippen molar-refractivity contribution in [3.63, 3.8) is 0 Å². The highest BCUT2D eigenvalue weighted by molar-refractivity contribution is 7.80. The van der Waals surface area contributed by atoms with Gasteiger partial charge in [-0.15, -0.1) is 0 Å². The lowest BCUT2D eigenvalue weighted by molar-refractivity contribution is 0.00578. The lowest BCUT2D eigenvalue weighted by Crippen LogP contribution is -2.41. The molecule has 0 aromatic heterocycles. The molecule has 2 rings (SSSR count). The van der Waals surface area contributed by atoms with Crippen LogP contribution in [0.1, 0.15) is 33.3 Å². The van der Waals surface area contributed by atoms with Gasteiger partial charge in [-0.2, -0.15) is 12.6 Å². The predicted octanol–water partition coefficient (Wildman–Crippen LogP) is 3.65. The van der Waals surface area contributed by atoms with Crippen LogP contribution >= 0.6 is 12.6 Å². The molecule has 0 amide bonds. The zero-order chi connectivity index (χ0) is 17.3. The Kier molecular flexibility index (Phi) is 5.39. The van der Waals surface area contributed by atoms with E-state index in [9.17, 15) is 0 Å². The Morgan fingerprint density at radius 1 is 1.09 bits per heavy atom. The van der Waals surface area contributed by atoms with Crippen LogP contribution in [0.15, 0.2) is 23.7 Å². The average molecular weight is 336 g/mol. The van der Waals surface area contributed by atoms with Crippen LogP contribution in [-0.4, -0.2) is 38.3 Å². The highest BCUT2D eigenvalue weighted by Crippen LogP contribution is 2.40. The molecule has 1 aromatic rings. The molecule has 0 spiro atoms. The minimum atomic E-state index is -0.438. The number of rotatable bonds is 5. The number of methoxy groups -OCH3 is 2. The molecule has 1 fully saturated rings. The van der Waals surface area contributed by atoms with Crippen molar-refractivity contribution in [3.8, 4) is 11.5 Å². The van der Waals surface area contributed by atoms with Crippen molar-refractivity contribution in [2.24, 2.45) is 0 Å². The summed E-state index contributed by atoms with van der Waals surface area (Å²) >= 11 is 4.45. The van der Waals surface area contributed by atoms with Gasteiger partial charge in [-0.3, -0.25) is 0 Å². The maximum absolute atomic E-state index is 6.12. The summed E-state index contributed by atoms with van der Waals surface area (Å²) in [6.45, 7) is 8.14. The van der Waals surface area contributed by atoms with Gasteiger partial charge in [0.2, 0.25) is 0 Å². The molecule has 23 heavy (non-hydrogen) atoms. The third kappa shape index (κ3) is 3.54. The minimum Gasteiger partial charge on any atom is -0.496 e. The third-order valence-corrected chi connectivity index (χ3v) is 4.90. The second kappa shape index (κ2) is 6.79. The van der Waals surface area contributed by atoms with E-state index in [1.807, 2.05) is 52.0 Å². The number of thiol groups is 1. The molecular formula is C17H25BO4S.